The van der Waals surface area contributed by atoms with E-state index in [0.29, 0.717) is 74.1 Å². The van der Waals surface area contributed by atoms with Crippen molar-refractivity contribution in [2.45, 2.75) is 157 Å². The van der Waals surface area contributed by atoms with Crippen molar-refractivity contribution < 1.29 is 37.9 Å². The van der Waals surface area contributed by atoms with Crippen LogP contribution in [0.2, 0.25) is 0 Å². The van der Waals surface area contributed by atoms with Gasteiger partial charge in [0, 0.05) is 26.9 Å². The Morgan fingerprint density at radius 2 is 0.631 bits per heavy atom. The smallest absolute Gasteiger partial charge is 0.185 e. The molecule has 0 aliphatic carbocycles. The molecule has 0 fully saturated rings. The number of anilines is 1. The fraction of sp³-hybridized carbons (Fsp3) is 0.571. The fourth-order valence-electron chi connectivity index (χ4n) is 9.10. The number of rotatable bonds is 32. The highest BCUT2D eigenvalue weighted by molar-refractivity contribution is 6.44. The average molecular weight is 894 g/mol. The van der Waals surface area contributed by atoms with Gasteiger partial charge in [-0.2, -0.15) is 0 Å². The molecule has 0 bridgehead atoms. The second-order valence-corrected chi connectivity index (χ2v) is 17.6. The lowest BCUT2D eigenvalue weighted by Gasteiger charge is -2.27. The number of methoxy groups -OCH3 is 2. The molecule has 2 N–H and O–H groups in total. The Labute approximate surface area is 389 Å². The third-order valence-corrected chi connectivity index (χ3v) is 12.6. The van der Waals surface area contributed by atoms with E-state index >= 15 is 0 Å². The predicted molar refractivity (Wildman–Crippen MR) is 273 cm³/mol. The first-order valence-corrected chi connectivity index (χ1v) is 25.3. The monoisotopic (exact) mass is 894 g/mol. The predicted octanol–water partition coefficient (Wildman–Crippen LogP) is 15.9. The van der Waals surface area contributed by atoms with Crippen LogP contribution in [0.1, 0.15) is 157 Å². The van der Waals surface area contributed by atoms with Gasteiger partial charge in [-0.05, 0) is 95.8 Å². The van der Waals surface area contributed by atoms with Crippen molar-refractivity contribution in [3.8, 4) is 46.0 Å². The lowest BCUT2D eigenvalue weighted by atomic mass is 9.84. The molecule has 356 valence electrons. The first-order valence-electron chi connectivity index (χ1n) is 25.3. The van der Waals surface area contributed by atoms with E-state index in [-0.39, 0.29) is 0 Å². The van der Waals surface area contributed by atoms with Crippen LogP contribution in [-0.2, 0) is 0 Å². The number of fused-ring (bicyclic) bond motifs is 6. The molecule has 9 heteroatoms. The van der Waals surface area contributed by atoms with Crippen LogP contribution in [0.15, 0.2) is 30.3 Å². The summed E-state index contributed by atoms with van der Waals surface area (Å²) in [5.41, 5.74) is 8.17. The molecule has 0 atom stereocenters. The quantitative estimate of drug-likeness (QED) is 0.0192. The number of hydrogen-bond acceptors (Lipinski definition) is 9. The van der Waals surface area contributed by atoms with Crippen molar-refractivity contribution in [2.75, 3.05) is 59.6 Å². The summed E-state index contributed by atoms with van der Waals surface area (Å²) in [5.74, 6) is 5.34. The van der Waals surface area contributed by atoms with Gasteiger partial charge in [-0.15, -0.1) is 0 Å². The molecule has 0 aliphatic rings. The summed E-state index contributed by atoms with van der Waals surface area (Å²) in [7, 11) is 3.38. The summed E-state index contributed by atoms with van der Waals surface area (Å²) in [5, 5.41) is 9.59. The van der Waals surface area contributed by atoms with Crippen LogP contribution in [0.5, 0.6) is 46.0 Å². The van der Waals surface area contributed by atoms with Gasteiger partial charge in [0.05, 0.1) is 59.5 Å². The zero-order chi connectivity index (χ0) is 46.1. The van der Waals surface area contributed by atoms with Crippen molar-refractivity contribution in [3.05, 3.63) is 30.3 Å². The molecule has 0 spiro atoms. The van der Waals surface area contributed by atoms with Crippen molar-refractivity contribution in [1.29, 1.82) is 0 Å². The Balaban J connectivity index is 1.86. The van der Waals surface area contributed by atoms with Gasteiger partial charge >= 0.3 is 0 Å². The van der Waals surface area contributed by atoms with E-state index in [1.807, 2.05) is 0 Å². The lowest BCUT2D eigenvalue weighted by Crippen LogP contribution is -2.08. The third-order valence-electron chi connectivity index (χ3n) is 12.6. The van der Waals surface area contributed by atoms with E-state index in [4.69, 9.17) is 43.6 Å². The average Bonchev–Trinajstić information content (AvgIpc) is 3.32. The summed E-state index contributed by atoms with van der Waals surface area (Å²) >= 11 is 0. The fourth-order valence-corrected chi connectivity index (χ4v) is 9.10. The van der Waals surface area contributed by atoms with Crippen molar-refractivity contribution in [3.63, 3.8) is 0 Å². The Hall–Kier alpha value is -4.92. The molecule has 9 nitrogen and oxygen atoms in total. The number of benzene rings is 6. The summed E-state index contributed by atoms with van der Waals surface area (Å²) in [6.45, 7) is 16.6. The molecule has 0 radical (unpaired) electrons. The van der Waals surface area contributed by atoms with Gasteiger partial charge in [-0.1, -0.05) is 119 Å². The normalized spacial score (nSPS) is 11.7. The van der Waals surface area contributed by atoms with Gasteiger partial charge in [0.15, 0.2) is 46.0 Å². The minimum atomic E-state index is 0.514. The maximum absolute atomic E-state index is 7.63. The third kappa shape index (κ3) is 11.2. The molecule has 0 heterocycles. The summed E-state index contributed by atoms with van der Waals surface area (Å²) in [6.07, 6.45) is 18.5. The van der Waals surface area contributed by atoms with Crippen LogP contribution < -0.4 is 43.6 Å². The van der Waals surface area contributed by atoms with E-state index in [2.05, 4.69) is 71.9 Å². The van der Waals surface area contributed by atoms with E-state index < -0.39 is 0 Å². The highest BCUT2D eigenvalue weighted by Crippen LogP contribution is 2.59. The molecular formula is C56H79NO8. The summed E-state index contributed by atoms with van der Waals surface area (Å²) in [4.78, 5) is 0. The van der Waals surface area contributed by atoms with Gasteiger partial charge in [-0.25, -0.2) is 0 Å². The van der Waals surface area contributed by atoms with Crippen LogP contribution in [0.4, 0.5) is 5.69 Å². The number of unbranched alkanes of at least 4 members (excludes halogenated alkanes) is 12. The van der Waals surface area contributed by atoms with E-state index in [1.165, 1.54) is 0 Å². The molecule has 0 aliphatic heterocycles. The number of ether oxygens (including phenoxy) is 8. The number of hydrogen-bond donors (Lipinski definition) is 1. The van der Waals surface area contributed by atoms with Crippen molar-refractivity contribution in [2.24, 2.45) is 0 Å². The van der Waals surface area contributed by atoms with Crippen molar-refractivity contribution in [1.82, 2.24) is 0 Å². The van der Waals surface area contributed by atoms with Gasteiger partial charge in [0.2, 0.25) is 0 Å². The van der Waals surface area contributed by atoms with Crippen LogP contribution in [0.25, 0.3) is 53.9 Å². The molecule has 0 unspecified atom stereocenters. The van der Waals surface area contributed by atoms with Crippen LogP contribution in [0.3, 0.4) is 0 Å². The first kappa shape index (κ1) is 49.5. The highest BCUT2D eigenvalue weighted by atomic mass is 16.5. The number of nitrogens with two attached hydrogens (primary N) is 1. The van der Waals surface area contributed by atoms with E-state index in [9.17, 15) is 0 Å². The number of nitrogen functional groups attached to an aromatic ring is 1. The maximum Gasteiger partial charge on any atom is 0.185 e. The summed E-state index contributed by atoms with van der Waals surface area (Å²) in [6, 6.07) is 10.7. The topological polar surface area (TPSA) is 99.9 Å². The van der Waals surface area contributed by atoms with Crippen LogP contribution in [-0.4, -0.2) is 53.9 Å². The Morgan fingerprint density at radius 1 is 0.308 bits per heavy atom. The SMILES string of the molecule is CCCCCOc1cc2c(cc1OCCCCC)c1c(N)c(OCCCCC)c(OCCCCC)c3c4cc(OC)c(OC)cc4c4c(OCCCCC)c(OCCCCC)cc2c4c13. The van der Waals surface area contributed by atoms with Crippen molar-refractivity contribution >= 4 is 59.5 Å². The molecule has 6 aromatic rings. The molecule has 6 aromatic carbocycles. The molecular weight excluding hydrogens is 815 g/mol. The second-order valence-electron chi connectivity index (χ2n) is 17.6. The Morgan fingerprint density at radius 3 is 1.08 bits per heavy atom. The van der Waals surface area contributed by atoms with Gasteiger partial charge in [0.25, 0.3) is 0 Å². The standard InChI is InChI=1S/C56H79NO8/c1-9-15-21-27-60-45-33-38-39-37-47(62-29-23-17-11-3)54(63-30-24-18-12-4)50-41-34-43(58-7)44(59-8)35-42(41)51-52(48(39)50)49(40(38)36-46(45)61-28-22-16-10-2)53(57)56(65-32-26-20-14-6)55(51)64-31-25-19-13-5/h33-37H,9-32,57H2,1-8H3. The first-order chi connectivity index (χ1) is 31.9. The largest absolute Gasteiger partial charge is 0.493 e. The summed E-state index contributed by atoms with van der Waals surface area (Å²) < 4.78 is 53.3. The highest BCUT2D eigenvalue weighted by Gasteiger charge is 2.31. The lowest BCUT2D eigenvalue weighted by molar-refractivity contribution is 0.260. The zero-order valence-corrected chi connectivity index (χ0v) is 41.2. The van der Waals surface area contributed by atoms with Crippen LogP contribution >= 0.6 is 0 Å². The van der Waals surface area contributed by atoms with Gasteiger partial charge in [0.1, 0.15) is 0 Å². The second kappa shape index (κ2) is 25.1. The Kier molecular flexibility index (Phi) is 19.1. The maximum atomic E-state index is 7.63. The molecule has 0 saturated carbocycles. The van der Waals surface area contributed by atoms with Gasteiger partial charge in [-0.3, -0.25) is 0 Å². The molecule has 65 heavy (non-hydrogen) atoms. The van der Waals surface area contributed by atoms with Gasteiger partial charge < -0.3 is 43.6 Å². The molecule has 0 amide bonds. The Bertz CT molecular complexity index is 2430. The minimum Gasteiger partial charge on any atom is -0.493 e. The molecule has 0 saturated heterocycles. The van der Waals surface area contributed by atoms with E-state index in [1.54, 1.807) is 14.2 Å². The van der Waals surface area contributed by atoms with Crippen LogP contribution in [0, 0.1) is 0 Å². The minimum absolute atomic E-state index is 0.514. The van der Waals surface area contributed by atoms with E-state index in [0.717, 1.165) is 187 Å². The molecule has 0 aromatic heterocycles. The zero-order valence-electron chi connectivity index (χ0n) is 41.2. The molecule has 6 rings (SSSR count).